The summed E-state index contributed by atoms with van der Waals surface area (Å²) in [4.78, 5) is 13.1. The lowest BCUT2D eigenvalue weighted by atomic mass is 9.94. The molecule has 3 aromatic carbocycles. The average Bonchev–Trinajstić information content (AvgIpc) is 2.83. The fourth-order valence-corrected chi connectivity index (χ4v) is 5.02. The molecule has 4 rings (SSSR count). The molecule has 0 N–H and O–H groups in total. The van der Waals surface area contributed by atoms with Crippen molar-refractivity contribution in [3.63, 3.8) is 0 Å². The molecular weight excluding hydrogens is 502 g/mol. The van der Waals surface area contributed by atoms with Crippen LogP contribution in [0.1, 0.15) is 33.4 Å². The van der Waals surface area contributed by atoms with Crippen molar-refractivity contribution in [2.45, 2.75) is 31.6 Å². The molecule has 2 nitrogen and oxygen atoms in total. The molecule has 0 amide bonds. The topological polar surface area (TPSA) is 26.3 Å². The van der Waals surface area contributed by atoms with Gasteiger partial charge in [-0.05, 0) is 77.4 Å². The molecule has 188 valence electrons. The van der Waals surface area contributed by atoms with Crippen molar-refractivity contribution >= 4 is 21.4 Å². The Hall–Kier alpha value is -3.33. The highest BCUT2D eigenvalue weighted by atomic mass is 32.1. The van der Waals surface area contributed by atoms with E-state index in [1.54, 1.807) is 12.1 Å². The van der Waals surface area contributed by atoms with Crippen LogP contribution in [0, 0.1) is 0 Å². The molecule has 1 aromatic heterocycles. The van der Waals surface area contributed by atoms with Crippen LogP contribution in [0.15, 0.2) is 71.5 Å². The van der Waals surface area contributed by atoms with Gasteiger partial charge in [0.25, 0.3) is 0 Å². The van der Waals surface area contributed by atoms with E-state index in [2.05, 4.69) is 0 Å². The summed E-state index contributed by atoms with van der Waals surface area (Å²) in [7, 11) is 1.51. The lowest BCUT2D eigenvalue weighted by Crippen LogP contribution is -2.12. The molecule has 0 aliphatic rings. The Balaban J connectivity index is 1.71. The summed E-state index contributed by atoms with van der Waals surface area (Å²) in [6.07, 6.45) is -8.00. The van der Waals surface area contributed by atoms with Crippen LogP contribution in [-0.2, 0) is 31.6 Å². The largest absolute Gasteiger partial charge is 0.497 e. The van der Waals surface area contributed by atoms with Gasteiger partial charge in [0.15, 0.2) is 0 Å². The van der Waals surface area contributed by atoms with E-state index in [0.717, 1.165) is 46.6 Å². The third kappa shape index (κ3) is 5.73. The third-order valence-electron chi connectivity index (χ3n) is 5.93. The quantitative estimate of drug-likeness (QED) is 0.243. The summed E-state index contributed by atoms with van der Waals surface area (Å²) < 4.78 is 83.2. The Morgan fingerprint density at radius 3 is 1.81 bits per heavy atom. The summed E-state index contributed by atoms with van der Waals surface area (Å²) in [5.41, 5.74) is 0.890. The SMILES string of the molecule is COc1ccc2c(CCc3ccc(C(F)(F)F)cc3)c(Cc3ccc(C(F)(F)F)cc3)c(=O)sc2c1. The van der Waals surface area contributed by atoms with E-state index >= 15 is 0 Å². The zero-order valence-electron chi connectivity index (χ0n) is 19.0. The fourth-order valence-electron chi connectivity index (χ4n) is 4.02. The van der Waals surface area contributed by atoms with E-state index in [-0.39, 0.29) is 11.2 Å². The Labute approximate surface area is 206 Å². The van der Waals surface area contributed by atoms with Gasteiger partial charge in [-0.1, -0.05) is 35.6 Å². The van der Waals surface area contributed by atoms with Crippen molar-refractivity contribution < 1.29 is 31.1 Å². The van der Waals surface area contributed by atoms with Crippen LogP contribution >= 0.6 is 11.3 Å². The maximum atomic E-state index is 13.1. The van der Waals surface area contributed by atoms with E-state index in [0.29, 0.717) is 40.0 Å². The van der Waals surface area contributed by atoms with Crippen molar-refractivity contribution in [1.29, 1.82) is 0 Å². The smallest absolute Gasteiger partial charge is 0.416 e. The maximum absolute atomic E-state index is 13.1. The van der Waals surface area contributed by atoms with Gasteiger partial charge in [-0.25, -0.2) is 0 Å². The second-order valence-corrected chi connectivity index (χ2v) is 9.29. The van der Waals surface area contributed by atoms with Gasteiger partial charge in [-0.15, -0.1) is 0 Å². The molecule has 0 radical (unpaired) electrons. The molecule has 0 bridgehead atoms. The van der Waals surface area contributed by atoms with E-state index in [1.807, 2.05) is 6.07 Å². The fraction of sp³-hybridized carbons (Fsp3) is 0.222. The first-order chi connectivity index (χ1) is 17.0. The zero-order chi connectivity index (χ0) is 26.1. The minimum absolute atomic E-state index is 0.137. The predicted octanol–water partition coefficient (Wildman–Crippen LogP) is 7.68. The summed E-state index contributed by atoms with van der Waals surface area (Å²) >= 11 is 1.02. The number of hydrogen-bond donors (Lipinski definition) is 0. The minimum Gasteiger partial charge on any atom is -0.497 e. The van der Waals surface area contributed by atoms with Crippen LogP contribution in [0.4, 0.5) is 26.3 Å². The zero-order valence-corrected chi connectivity index (χ0v) is 19.8. The Kier molecular flexibility index (Phi) is 7.13. The van der Waals surface area contributed by atoms with Crippen molar-refractivity contribution in [3.8, 4) is 5.75 Å². The van der Waals surface area contributed by atoms with Crippen molar-refractivity contribution in [1.82, 2.24) is 0 Å². The molecule has 0 aliphatic carbocycles. The highest BCUT2D eigenvalue weighted by Gasteiger charge is 2.30. The molecule has 0 saturated heterocycles. The molecule has 36 heavy (non-hydrogen) atoms. The standard InChI is InChI=1S/C27H20F6O2S/c1-35-20-11-13-22-21(12-6-16-2-7-18(8-3-16)26(28,29)30)23(25(34)36-24(22)15-20)14-17-4-9-19(10-5-17)27(31,32)33/h2-5,7-11,13,15H,6,12,14H2,1H3. The summed E-state index contributed by atoms with van der Waals surface area (Å²) in [6.45, 7) is 0. The van der Waals surface area contributed by atoms with Crippen LogP contribution in [-0.4, -0.2) is 7.11 Å². The normalized spacial score (nSPS) is 12.2. The predicted molar refractivity (Wildman–Crippen MR) is 128 cm³/mol. The lowest BCUT2D eigenvalue weighted by Gasteiger charge is -2.14. The third-order valence-corrected chi connectivity index (χ3v) is 6.92. The molecule has 1 heterocycles. The van der Waals surface area contributed by atoms with E-state index in [1.165, 1.54) is 31.4 Å². The average molecular weight is 523 g/mol. The molecule has 0 atom stereocenters. The van der Waals surface area contributed by atoms with Crippen LogP contribution in [0.2, 0.25) is 0 Å². The Morgan fingerprint density at radius 1 is 0.722 bits per heavy atom. The first-order valence-corrected chi connectivity index (χ1v) is 11.7. The first kappa shape index (κ1) is 25.8. The minimum atomic E-state index is -4.46. The number of ether oxygens (including phenoxy) is 1. The van der Waals surface area contributed by atoms with Crippen LogP contribution < -0.4 is 9.48 Å². The highest BCUT2D eigenvalue weighted by molar-refractivity contribution is 7.16. The molecule has 0 aliphatic heterocycles. The summed E-state index contributed by atoms with van der Waals surface area (Å²) in [5, 5.41) is 0.800. The molecule has 0 saturated carbocycles. The molecule has 4 aromatic rings. The molecule has 0 fully saturated rings. The van der Waals surface area contributed by atoms with Gasteiger partial charge in [0.05, 0.1) is 18.2 Å². The Morgan fingerprint density at radius 2 is 1.28 bits per heavy atom. The van der Waals surface area contributed by atoms with Crippen LogP contribution in [0.25, 0.3) is 10.1 Å². The molecule has 9 heteroatoms. The van der Waals surface area contributed by atoms with Crippen molar-refractivity contribution in [2.75, 3.05) is 7.11 Å². The second-order valence-electron chi connectivity index (χ2n) is 8.27. The summed E-state index contributed by atoms with van der Waals surface area (Å²) in [5.74, 6) is 0.572. The molecule has 0 spiro atoms. The van der Waals surface area contributed by atoms with Gasteiger partial charge in [0, 0.05) is 16.7 Å². The van der Waals surface area contributed by atoms with E-state index in [9.17, 15) is 31.1 Å². The van der Waals surface area contributed by atoms with Gasteiger partial charge in [0.1, 0.15) is 5.75 Å². The van der Waals surface area contributed by atoms with Gasteiger partial charge in [-0.2, -0.15) is 26.3 Å². The number of aryl methyl sites for hydroxylation is 2. The van der Waals surface area contributed by atoms with Crippen molar-refractivity contribution in [3.05, 3.63) is 110 Å². The number of alkyl halides is 6. The second kappa shape index (κ2) is 9.97. The van der Waals surface area contributed by atoms with Gasteiger partial charge < -0.3 is 4.74 Å². The number of benzene rings is 3. The van der Waals surface area contributed by atoms with Gasteiger partial charge in [0.2, 0.25) is 4.74 Å². The van der Waals surface area contributed by atoms with Crippen LogP contribution in [0.3, 0.4) is 0 Å². The number of hydrogen-bond acceptors (Lipinski definition) is 3. The molecule has 0 unspecified atom stereocenters. The summed E-state index contributed by atoms with van der Waals surface area (Å²) in [6, 6.07) is 14.8. The van der Waals surface area contributed by atoms with Crippen molar-refractivity contribution in [2.24, 2.45) is 0 Å². The number of fused-ring (bicyclic) bond motifs is 1. The number of methoxy groups -OCH3 is 1. The highest BCUT2D eigenvalue weighted by Crippen LogP contribution is 2.32. The van der Waals surface area contributed by atoms with Gasteiger partial charge in [-0.3, -0.25) is 4.79 Å². The molecular formula is C27H20F6O2S. The first-order valence-electron chi connectivity index (χ1n) is 10.9. The van der Waals surface area contributed by atoms with E-state index < -0.39 is 23.5 Å². The van der Waals surface area contributed by atoms with E-state index in [4.69, 9.17) is 4.74 Å². The maximum Gasteiger partial charge on any atom is 0.416 e. The monoisotopic (exact) mass is 522 g/mol. The lowest BCUT2D eigenvalue weighted by molar-refractivity contribution is -0.138. The van der Waals surface area contributed by atoms with Gasteiger partial charge >= 0.3 is 12.4 Å². The number of halogens is 6. The van der Waals surface area contributed by atoms with Crippen LogP contribution in [0.5, 0.6) is 5.75 Å². The number of rotatable bonds is 6. The Bertz CT molecular complexity index is 1420.